The molecule has 0 aliphatic carbocycles. The van der Waals surface area contributed by atoms with Crippen molar-refractivity contribution in [2.24, 2.45) is 5.92 Å². The molecule has 0 rings (SSSR count). The maximum absolute atomic E-state index is 11.5. The number of carbonyl (C=O) groups is 2. The molecule has 0 aliphatic heterocycles. The van der Waals surface area contributed by atoms with Crippen LogP contribution in [0.1, 0.15) is 19.8 Å². The zero-order valence-corrected chi connectivity index (χ0v) is 10.8. The van der Waals surface area contributed by atoms with E-state index < -0.39 is 11.9 Å². The van der Waals surface area contributed by atoms with Gasteiger partial charge in [0.1, 0.15) is 0 Å². The van der Waals surface area contributed by atoms with Gasteiger partial charge in [-0.1, -0.05) is 6.92 Å². The largest absolute Gasteiger partial charge is 0.481 e. The summed E-state index contributed by atoms with van der Waals surface area (Å²) < 4.78 is 0. The molecule has 100 valence electrons. The molecule has 2 amide bonds. The Kier molecular flexibility index (Phi) is 8.13. The highest BCUT2D eigenvalue weighted by Gasteiger charge is 2.12. The van der Waals surface area contributed by atoms with Crippen LogP contribution in [0.3, 0.4) is 0 Å². The summed E-state index contributed by atoms with van der Waals surface area (Å²) in [6, 6.07) is -0.154. The monoisotopic (exact) mass is 245 g/mol. The molecule has 0 aromatic carbocycles. The smallest absolute Gasteiger partial charge is 0.317 e. The van der Waals surface area contributed by atoms with Crippen molar-refractivity contribution in [3.8, 4) is 0 Å². The molecule has 0 saturated carbocycles. The molecule has 0 aromatic heterocycles. The predicted octanol–water partition coefficient (Wildman–Crippen LogP) is 0.348. The van der Waals surface area contributed by atoms with Gasteiger partial charge in [0.05, 0.1) is 5.92 Å². The number of hydrogen-bond acceptors (Lipinski definition) is 3. The quantitative estimate of drug-likeness (QED) is 0.539. The predicted molar refractivity (Wildman–Crippen MR) is 66.0 cm³/mol. The third kappa shape index (κ3) is 7.57. The van der Waals surface area contributed by atoms with Crippen molar-refractivity contribution in [3.05, 3.63) is 0 Å². The van der Waals surface area contributed by atoms with E-state index in [1.54, 1.807) is 18.9 Å². The minimum atomic E-state index is -0.832. The Hall–Kier alpha value is -1.30. The van der Waals surface area contributed by atoms with Crippen molar-refractivity contribution < 1.29 is 14.7 Å². The lowest BCUT2D eigenvalue weighted by molar-refractivity contribution is -0.141. The second kappa shape index (κ2) is 8.81. The van der Waals surface area contributed by atoms with Crippen LogP contribution >= 0.6 is 0 Å². The molecule has 1 unspecified atom stereocenters. The maximum atomic E-state index is 11.5. The topological polar surface area (TPSA) is 81.7 Å². The Morgan fingerprint density at radius 2 is 2.00 bits per heavy atom. The Balaban J connectivity index is 3.67. The molecule has 6 nitrogen and oxygen atoms in total. The van der Waals surface area contributed by atoms with Crippen molar-refractivity contribution in [2.45, 2.75) is 19.8 Å². The lowest BCUT2D eigenvalue weighted by Gasteiger charge is -2.18. The second-order valence-corrected chi connectivity index (χ2v) is 4.14. The number of hydrogen-bond donors (Lipinski definition) is 3. The van der Waals surface area contributed by atoms with E-state index >= 15 is 0 Å². The number of nitrogens with one attached hydrogen (secondary N) is 2. The summed E-state index contributed by atoms with van der Waals surface area (Å²) in [5.41, 5.74) is 0. The number of rotatable bonds is 8. The zero-order chi connectivity index (χ0) is 13.3. The molecule has 6 heteroatoms. The van der Waals surface area contributed by atoms with Crippen LogP contribution in [0.25, 0.3) is 0 Å². The van der Waals surface area contributed by atoms with E-state index in [-0.39, 0.29) is 6.03 Å². The standard InChI is InChI=1S/C11H23N3O3/c1-9(10(15)16)5-7-13-11(17)14(3)8-4-6-12-2/h9,12H,4-8H2,1-3H3,(H,13,17)(H,15,16). The first-order valence-electron chi connectivity index (χ1n) is 5.85. The van der Waals surface area contributed by atoms with Gasteiger partial charge in [-0.25, -0.2) is 4.79 Å². The average molecular weight is 245 g/mol. The molecule has 0 fully saturated rings. The summed E-state index contributed by atoms with van der Waals surface area (Å²) in [7, 11) is 3.60. The number of carbonyl (C=O) groups excluding carboxylic acids is 1. The van der Waals surface area contributed by atoms with Gasteiger partial charge in [0, 0.05) is 20.1 Å². The molecular formula is C11H23N3O3. The summed E-state index contributed by atoms with van der Waals surface area (Å²) >= 11 is 0. The van der Waals surface area contributed by atoms with Gasteiger partial charge >= 0.3 is 12.0 Å². The molecule has 17 heavy (non-hydrogen) atoms. The fourth-order valence-corrected chi connectivity index (χ4v) is 1.25. The SMILES string of the molecule is CNCCCN(C)C(=O)NCCC(C)C(=O)O. The van der Waals surface area contributed by atoms with Crippen molar-refractivity contribution in [2.75, 3.05) is 33.7 Å². The molecule has 0 aromatic rings. The second-order valence-electron chi connectivity index (χ2n) is 4.14. The third-order valence-corrected chi connectivity index (χ3v) is 2.54. The van der Waals surface area contributed by atoms with Gasteiger partial charge in [-0.15, -0.1) is 0 Å². The van der Waals surface area contributed by atoms with E-state index in [9.17, 15) is 9.59 Å². The van der Waals surface area contributed by atoms with E-state index in [4.69, 9.17) is 5.11 Å². The lowest BCUT2D eigenvalue weighted by atomic mass is 10.1. The first-order valence-corrected chi connectivity index (χ1v) is 5.85. The van der Waals surface area contributed by atoms with Gasteiger partial charge in [-0.3, -0.25) is 4.79 Å². The van der Waals surface area contributed by atoms with Gasteiger partial charge in [-0.05, 0) is 26.4 Å². The summed E-state index contributed by atoms with van der Waals surface area (Å²) in [5, 5.41) is 14.4. The summed E-state index contributed by atoms with van der Waals surface area (Å²) in [6.07, 6.45) is 1.34. The van der Waals surface area contributed by atoms with Crippen molar-refractivity contribution in [1.29, 1.82) is 0 Å². The highest BCUT2D eigenvalue weighted by molar-refractivity contribution is 5.74. The number of carboxylic acid groups (broad SMARTS) is 1. The number of amides is 2. The van der Waals surface area contributed by atoms with Crippen LogP contribution in [-0.2, 0) is 4.79 Å². The zero-order valence-electron chi connectivity index (χ0n) is 10.8. The van der Waals surface area contributed by atoms with Crippen molar-refractivity contribution in [3.63, 3.8) is 0 Å². The van der Waals surface area contributed by atoms with Gasteiger partial charge in [0.2, 0.25) is 0 Å². The first-order chi connectivity index (χ1) is 7.99. The number of nitrogens with zero attached hydrogens (tertiary/aromatic N) is 1. The fraction of sp³-hybridized carbons (Fsp3) is 0.818. The molecule has 0 saturated heterocycles. The molecule has 0 radical (unpaired) electrons. The van der Waals surface area contributed by atoms with Crippen LogP contribution in [0.2, 0.25) is 0 Å². The molecule has 3 N–H and O–H groups in total. The van der Waals surface area contributed by atoms with Crippen LogP contribution in [0.15, 0.2) is 0 Å². The van der Waals surface area contributed by atoms with Crippen molar-refractivity contribution >= 4 is 12.0 Å². The van der Waals surface area contributed by atoms with Gasteiger partial charge < -0.3 is 20.6 Å². The van der Waals surface area contributed by atoms with E-state index in [1.165, 1.54) is 0 Å². The number of carboxylic acids is 1. The minimum Gasteiger partial charge on any atom is -0.481 e. The van der Waals surface area contributed by atoms with Crippen molar-refractivity contribution in [1.82, 2.24) is 15.5 Å². The van der Waals surface area contributed by atoms with E-state index in [1.807, 2.05) is 7.05 Å². The number of aliphatic carboxylic acids is 1. The minimum absolute atomic E-state index is 0.154. The fourth-order valence-electron chi connectivity index (χ4n) is 1.25. The third-order valence-electron chi connectivity index (χ3n) is 2.54. The van der Waals surface area contributed by atoms with E-state index in [2.05, 4.69) is 10.6 Å². The highest BCUT2D eigenvalue weighted by atomic mass is 16.4. The molecule has 0 heterocycles. The van der Waals surface area contributed by atoms with Crippen LogP contribution in [0, 0.1) is 5.92 Å². The van der Waals surface area contributed by atoms with Crippen LogP contribution < -0.4 is 10.6 Å². The Morgan fingerprint density at radius 3 is 2.53 bits per heavy atom. The van der Waals surface area contributed by atoms with E-state index in [0.717, 1.165) is 13.0 Å². The van der Waals surface area contributed by atoms with E-state index in [0.29, 0.717) is 19.5 Å². The van der Waals surface area contributed by atoms with Crippen LogP contribution in [0.4, 0.5) is 4.79 Å². The Labute approximate surface area is 102 Å². The molecule has 1 atom stereocenters. The molecule has 0 spiro atoms. The Bertz CT molecular complexity index is 246. The maximum Gasteiger partial charge on any atom is 0.317 e. The summed E-state index contributed by atoms with van der Waals surface area (Å²) in [5.74, 6) is -1.26. The van der Waals surface area contributed by atoms with Crippen LogP contribution in [0.5, 0.6) is 0 Å². The normalized spacial score (nSPS) is 11.9. The van der Waals surface area contributed by atoms with Gasteiger partial charge in [-0.2, -0.15) is 0 Å². The summed E-state index contributed by atoms with van der Waals surface area (Å²) in [4.78, 5) is 23.7. The van der Waals surface area contributed by atoms with Crippen LogP contribution in [-0.4, -0.2) is 55.7 Å². The highest BCUT2D eigenvalue weighted by Crippen LogP contribution is 1.99. The Morgan fingerprint density at radius 1 is 1.35 bits per heavy atom. The summed E-state index contributed by atoms with van der Waals surface area (Å²) in [6.45, 7) is 3.57. The van der Waals surface area contributed by atoms with Gasteiger partial charge in [0.15, 0.2) is 0 Å². The lowest BCUT2D eigenvalue weighted by Crippen LogP contribution is -2.39. The molecule has 0 bridgehead atoms. The number of urea groups is 1. The van der Waals surface area contributed by atoms with Gasteiger partial charge in [0.25, 0.3) is 0 Å². The first kappa shape index (κ1) is 15.7. The molecular weight excluding hydrogens is 222 g/mol. The average Bonchev–Trinajstić information content (AvgIpc) is 2.28. The molecule has 0 aliphatic rings.